The molecule has 1 atom stereocenters. The second-order valence-corrected chi connectivity index (χ2v) is 7.17. The monoisotopic (exact) mass is 398 g/mol. The van der Waals surface area contributed by atoms with Crippen LogP contribution in [0.25, 0.3) is 0 Å². The number of amides is 2. The van der Waals surface area contributed by atoms with Crippen molar-refractivity contribution in [2.75, 3.05) is 20.8 Å². The van der Waals surface area contributed by atoms with Crippen molar-refractivity contribution >= 4 is 11.8 Å². The van der Waals surface area contributed by atoms with Gasteiger partial charge in [0.05, 0.1) is 7.11 Å². The molecule has 0 aliphatic rings. The van der Waals surface area contributed by atoms with E-state index in [1.54, 1.807) is 21.1 Å². The molecule has 2 aromatic rings. The van der Waals surface area contributed by atoms with E-state index >= 15 is 0 Å². The maximum Gasteiger partial charge on any atom is 0.261 e. The summed E-state index contributed by atoms with van der Waals surface area (Å²) in [6.45, 7) is 6.11. The molecule has 2 rings (SSSR count). The van der Waals surface area contributed by atoms with E-state index in [9.17, 15) is 9.59 Å². The zero-order chi connectivity index (χ0) is 21.4. The van der Waals surface area contributed by atoms with Crippen LogP contribution in [0.3, 0.4) is 0 Å². The second-order valence-electron chi connectivity index (χ2n) is 7.17. The Bertz CT molecular complexity index is 801. The van der Waals surface area contributed by atoms with E-state index in [1.165, 1.54) is 10.5 Å². The summed E-state index contributed by atoms with van der Waals surface area (Å²) in [4.78, 5) is 26.6. The van der Waals surface area contributed by atoms with E-state index in [0.717, 1.165) is 11.3 Å². The van der Waals surface area contributed by atoms with Crippen LogP contribution < -0.4 is 14.8 Å². The minimum Gasteiger partial charge on any atom is -0.497 e. The average Bonchev–Trinajstić information content (AvgIpc) is 2.75. The minimum atomic E-state index is -0.624. The van der Waals surface area contributed by atoms with Crippen molar-refractivity contribution in [3.8, 4) is 11.5 Å². The van der Waals surface area contributed by atoms with Crippen LogP contribution in [0.5, 0.6) is 11.5 Å². The molecule has 0 aromatic heterocycles. The van der Waals surface area contributed by atoms with Gasteiger partial charge in [-0.3, -0.25) is 9.59 Å². The Morgan fingerprint density at radius 2 is 1.55 bits per heavy atom. The van der Waals surface area contributed by atoms with Crippen LogP contribution in [0, 0.1) is 0 Å². The summed E-state index contributed by atoms with van der Waals surface area (Å²) in [7, 11) is 3.16. The van der Waals surface area contributed by atoms with Crippen molar-refractivity contribution in [1.29, 1.82) is 0 Å². The molecule has 1 N–H and O–H groups in total. The number of methoxy groups -OCH3 is 1. The number of hydrogen-bond donors (Lipinski definition) is 1. The number of benzene rings is 2. The summed E-state index contributed by atoms with van der Waals surface area (Å²) < 4.78 is 10.8. The van der Waals surface area contributed by atoms with Gasteiger partial charge in [0.15, 0.2) is 6.61 Å². The largest absolute Gasteiger partial charge is 0.497 e. The van der Waals surface area contributed by atoms with E-state index in [-0.39, 0.29) is 18.4 Å². The van der Waals surface area contributed by atoms with Crippen LogP contribution in [0.15, 0.2) is 48.5 Å². The summed E-state index contributed by atoms with van der Waals surface area (Å²) in [5.74, 6) is 1.30. The molecule has 6 nitrogen and oxygen atoms in total. The lowest BCUT2D eigenvalue weighted by Gasteiger charge is -2.28. The molecule has 2 aromatic carbocycles. The molecule has 0 spiro atoms. The molecule has 0 saturated carbocycles. The van der Waals surface area contributed by atoms with Crippen LogP contribution in [-0.2, 0) is 16.1 Å². The van der Waals surface area contributed by atoms with E-state index in [1.807, 2.05) is 48.5 Å². The van der Waals surface area contributed by atoms with E-state index < -0.39 is 6.04 Å². The average molecular weight is 399 g/mol. The number of rotatable bonds is 9. The molecular formula is C23H30N2O4. The summed E-state index contributed by atoms with van der Waals surface area (Å²) in [5.41, 5.74) is 2.11. The summed E-state index contributed by atoms with van der Waals surface area (Å²) >= 11 is 0. The quantitative estimate of drug-likeness (QED) is 0.703. The lowest BCUT2D eigenvalue weighted by molar-refractivity contribution is -0.142. The normalized spacial score (nSPS) is 11.7. The highest BCUT2D eigenvalue weighted by atomic mass is 16.5. The van der Waals surface area contributed by atoms with Gasteiger partial charge in [-0.15, -0.1) is 0 Å². The molecule has 0 unspecified atom stereocenters. The van der Waals surface area contributed by atoms with E-state index in [4.69, 9.17) is 9.47 Å². The standard InChI is InChI=1S/C23H30N2O4/c1-16(2)19-8-12-21(13-9-19)29-15-22(26)25(17(3)23(27)24-4)14-18-6-10-20(28-5)11-7-18/h6-13,16-17H,14-15H2,1-5H3,(H,24,27)/t17-/m1/s1. The minimum absolute atomic E-state index is 0.140. The molecule has 0 aliphatic carbocycles. The summed E-state index contributed by atoms with van der Waals surface area (Å²) in [5, 5.41) is 2.60. The predicted molar refractivity (Wildman–Crippen MR) is 113 cm³/mol. The third kappa shape index (κ3) is 6.24. The third-order valence-electron chi connectivity index (χ3n) is 4.83. The van der Waals surface area contributed by atoms with Crippen molar-refractivity contribution in [3.05, 3.63) is 59.7 Å². The van der Waals surface area contributed by atoms with Crippen LogP contribution in [0.2, 0.25) is 0 Å². The molecule has 29 heavy (non-hydrogen) atoms. The number of carbonyl (C=O) groups excluding carboxylic acids is 2. The molecule has 2 amide bonds. The molecule has 156 valence electrons. The number of hydrogen-bond acceptors (Lipinski definition) is 4. The van der Waals surface area contributed by atoms with Crippen LogP contribution in [0.1, 0.15) is 37.8 Å². The van der Waals surface area contributed by atoms with Crippen molar-refractivity contribution in [1.82, 2.24) is 10.2 Å². The first-order valence-corrected chi connectivity index (χ1v) is 9.72. The fourth-order valence-electron chi connectivity index (χ4n) is 2.90. The first kappa shape index (κ1) is 22.3. The Labute approximate surface area is 172 Å². The molecule has 0 aliphatic heterocycles. The number of nitrogens with one attached hydrogen (secondary N) is 1. The van der Waals surface area contributed by atoms with Crippen molar-refractivity contribution in [2.45, 2.75) is 39.3 Å². The van der Waals surface area contributed by atoms with Gasteiger partial charge in [-0.1, -0.05) is 38.1 Å². The van der Waals surface area contributed by atoms with Crippen molar-refractivity contribution in [2.24, 2.45) is 0 Å². The maximum absolute atomic E-state index is 12.9. The summed E-state index contributed by atoms with van der Waals surface area (Å²) in [6, 6.07) is 14.5. The topological polar surface area (TPSA) is 67.9 Å². The fraction of sp³-hybridized carbons (Fsp3) is 0.391. The first-order valence-electron chi connectivity index (χ1n) is 9.72. The molecule has 0 heterocycles. The Morgan fingerprint density at radius 3 is 2.07 bits per heavy atom. The maximum atomic E-state index is 12.9. The Hall–Kier alpha value is -3.02. The van der Waals surface area contributed by atoms with Gasteiger partial charge in [-0.2, -0.15) is 0 Å². The number of nitrogens with zero attached hydrogens (tertiary/aromatic N) is 1. The molecule has 0 bridgehead atoms. The highest BCUT2D eigenvalue weighted by molar-refractivity contribution is 5.87. The molecule has 0 fully saturated rings. The Kier molecular flexibility index (Phi) is 8.07. The lowest BCUT2D eigenvalue weighted by Crippen LogP contribution is -2.48. The van der Waals surface area contributed by atoms with E-state index in [2.05, 4.69) is 19.2 Å². The van der Waals surface area contributed by atoms with Gasteiger partial charge >= 0.3 is 0 Å². The Balaban J connectivity index is 2.09. The SMILES string of the molecule is CNC(=O)[C@@H](C)N(Cc1ccc(OC)cc1)C(=O)COc1ccc(C(C)C)cc1. The van der Waals surface area contributed by atoms with Gasteiger partial charge in [-0.05, 0) is 48.2 Å². The Morgan fingerprint density at radius 1 is 0.966 bits per heavy atom. The van der Waals surface area contributed by atoms with E-state index in [0.29, 0.717) is 18.2 Å². The lowest BCUT2D eigenvalue weighted by atomic mass is 10.0. The number of ether oxygens (including phenoxy) is 2. The summed E-state index contributed by atoms with van der Waals surface area (Å²) in [6.07, 6.45) is 0. The van der Waals surface area contributed by atoms with Gasteiger partial charge in [0.25, 0.3) is 5.91 Å². The number of carbonyl (C=O) groups is 2. The molecule has 6 heteroatoms. The van der Waals surface area contributed by atoms with Gasteiger partial charge < -0.3 is 19.7 Å². The second kappa shape index (κ2) is 10.5. The molecule has 0 radical (unpaired) electrons. The number of likely N-dealkylation sites (N-methyl/N-ethyl adjacent to an activating group) is 1. The van der Waals surface area contributed by atoms with Gasteiger partial charge in [0, 0.05) is 13.6 Å². The zero-order valence-electron chi connectivity index (χ0n) is 17.8. The van der Waals surface area contributed by atoms with Gasteiger partial charge in [0.2, 0.25) is 5.91 Å². The van der Waals surface area contributed by atoms with Gasteiger partial charge in [-0.25, -0.2) is 0 Å². The zero-order valence-corrected chi connectivity index (χ0v) is 17.8. The van der Waals surface area contributed by atoms with Crippen molar-refractivity contribution < 1.29 is 19.1 Å². The molecular weight excluding hydrogens is 368 g/mol. The van der Waals surface area contributed by atoms with Crippen LogP contribution in [0.4, 0.5) is 0 Å². The van der Waals surface area contributed by atoms with Crippen molar-refractivity contribution in [3.63, 3.8) is 0 Å². The predicted octanol–water partition coefficient (Wildman–Crippen LogP) is 3.36. The van der Waals surface area contributed by atoms with Gasteiger partial charge in [0.1, 0.15) is 17.5 Å². The molecule has 0 saturated heterocycles. The first-order chi connectivity index (χ1) is 13.8. The van der Waals surface area contributed by atoms with Crippen LogP contribution >= 0.6 is 0 Å². The highest BCUT2D eigenvalue weighted by Crippen LogP contribution is 2.19. The van der Waals surface area contributed by atoms with Crippen LogP contribution in [-0.4, -0.2) is 43.5 Å². The smallest absolute Gasteiger partial charge is 0.261 e. The highest BCUT2D eigenvalue weighted by Gasteiger charge is 2.25. The fourth-order valence-corrected chi connectivity index (χ4v) is 2.90. The third-order valence-corrected chi connectivity index (χ3v) is 4.83.